The number of methoxy groups -OCH3 is 2. The van der Waals surface area contributed by atoms with Gasteiger partial charge < -0.3 is 24.2 Å². The number of hydrogen-bond donors (Lipinski definition) is 1. The maximum Gasteiger partial charge on any atom is 0.295 e. The molecule has 0 saturated carbocycles. The zero-order valence-electron chi connectivity index (χ0n) is 22.2. The summed E-state index contributed by atoms with van der Waals surface area (Å²) in [5, 5.41) is 11.5. The minimum absolute atomic E-state index is 0.00126. The standard InChI is InChI=1S/C30H32N2O6/c1-18(2)17-38-23-10-9-22(13-19(23)3)28(33)26-27(21-8-11-24(36-4)25(14-21)37-5)32(30(35)29(26)34)16-20-7-6-12-31-15-20/h6-15,18,27,33H,16-17H2,1-5H3/t27-/m0/s1. The van der Waals surface area contributed by atoms with Crippen LogP contribution in [0.4, 0.5) is 0 Å². The van der Waals surface area contributed by atoms with Gasteiger partial charge in [0.1, 0.15) is 11.5 Å². The van der Waals surface area contributed by atoms with Crippen LogP contribution in [-0.4, -0.2) is 47.5 Å². The molecule has 38 heavy (non-hydrogen) atoms. The smallest absolute Gasteiger partial charge is 0.295 e. The molecule has 1 amide bonds. The number of pyridine rings is 1. The average molecular weight is 517 g/mol. The normalized spacial score (nSPS) is 16.7. The van der Waals surface area contributed by atoms with E-state index in [4.69, 9.17) is 14.2 Å². The van der Waals surface area contributed by atoms with E-state index in [1.165, 1.54) is 19.1 Å². The summed E-state index contributed by atoms with van der Waals surface area (Å²) in [6.45, 7) is 6.70. The molecule has 2 heterocycles. The Kier molecular flexibility index (Phi) is 8.00. The number of nitrogens with zero attached hydrogens (tertiary/aromatic N) is 2. The molecule has 8 heteroatoms. The van der Waals surface area contributed by atoms with Crippen LogP contribution in [0.15, 0.2) is 66.5 Å². The van der Waals surface area contributed by atoms with Crippen LogP contribution in [0.1, 0.15) is 42.1 Å². The monoisotopic (exact) mass is 516 g/mol. The number of rotatable bonds is 9. The van der Waals surface area contributed by atoms with Crippen molar-refractivity contribution in [2.45, 2.75) is 33.4 Å². The molecule has 1 aliphatic rings. The van der Waals surface area contributed by atoms with Gasteiger partial charge in [0.25, 0.3) is 11.7 Å². The second kappa shape index (κ2) is 11.4. The number of likely N-dealkylation sites (tertiary alicyclic amines) is 1. The Hall–Kier alpha value is -4.33. The SMILES string of the molecule is COc1ccc([C@H]2C(=C(O)c3ccc(OCC(C)C)c(C)c3)C(=O)C(=O)N2Cc2cccnc2)cc1OC. The van der Waals surface area contributed by atoms with Crippen LogP contribution < -0.4 is 14.2 Å². The average Bonchev–Trinajstić information content (AvgIpc) is 3.16. The Morgan fingerprint density at radius 1 is 1.03 bits per heavy atom. The van der Waals surface area contributed by atoms with Crippen molar-refractivity contribution in [3.8, 4) is 17.2 Å². The predicted octanol–water partition coefficient (Wildman–Crippen LogP) is 5.06. The van der Waals surface area contributed by atoms with E-state index in [1.54, 1.807) is 54.9 Å². The third kappa shape index (κ3) is 5.34. The summed E-state index contributed by atoms with van der Waals surface area (Å²) in [4.78, 5) is 32.3. The lowest BCUT2D eigenvalue weighted by Crippen LogP contribution is -2.29. The second-order valence-electron chi connectivity index (χ2n) is 9.59. The van der Waals surface area contributed by atoms with Crippen molar-refractivity contribution in [1.29, 1.82) is 0 Å². The molecule has 1 saturated heterocycles. The number of aliphatic hydroxyl groups is 1. The molecule has 1 N–H and O–H groups in total. The first-order valence-corrected chi connectivity index (χ1v) is 12.4. The maximum absolute atomic E-state index is 13.4. The summed E-state index contributed by atoms with van der Waals surface area (Å²) in [7, 11) is 3.04. The molecule has 198 valence electrons. The highest BCUT2D eigenvalue weighted by Crippen LogP contribution is 2.43. The van der Waals surface area contributed by atoms with Gasteiger partial charge in [-0.05, 0) is 65.9 Å². The molecular formula is C30H32N2O6. The highest BCUT2D eigenvalue weighted by Gasteiger charge is 2.46. The summed E-state index contributed by atoms with van der Waals surface area (Å²) in [5.41, 5.74) is 2.58. The van der Waals surface area contributed by atoms with Gasteiger partial charge in [-0.25, -0.2) is 0 Å². The maximum atomic E-state index is 13.4. The second-order valence-corrected chi connectivity index (χ2v) is 9.59. The van der Waals surface area contributed by atoms with Gasteiger partial charge in [0.05, 0.1) is 32.4 Å². The van der Waals surface area contributed by atoms with Crippen LogP contribution in [-0.2, 0) is 16.1 Å². The minimum atomic E-state index is -0.854. The Labute approximate surface area is 222 Å². The first-order chi connectivity index (χ1) is 18.2. The van der Waals surface area contributed by atoms with Crippen molar-refractivity contribution in [2.24, 2.45) is 5.92 Å². The minimum Gasteiger partial charge on any atom is -0.507 e. The van der Waals surface area contributed by atoms with Gasteiger partial charge in [0.15, 0.2) is 11.5 Å². The van der Waals surface area contributed by atoms with Gasteiger partial charge >= 0.3 is 0 Å². The molecule has 0 aliphatic carbocycles. The molecule has 3 aromatic rings. The van der Waals surface area contributed by atoms with E-state index in [0.717, 1.165) is 11.1 Å². The predicted molar refractivity (Wildman–Crippen MR) is 143 cm³/mol. The van der Waals surface area contributed by atoms with Gasteiger partial charge in [-0.3, -0.25) is 14.6 Å². The Balaban J connectivity index is 1.83. The molecule has 0 unspecified atom stereocenters. The van der Waals surface area contributed by atoms with Crippen molar-refractivity contribution in [2.75, 3.05) is 20.8 Å². The van der Waals surface area contributed by atoms with Gasteiger partial charge in [0, 0.05) is 24.5 Å². The van der Waals surface area contributed by atoms with Crippen LogP contribution in [0.5, 0.6) is 17.2 Å². The zero-order chi connectivity index (χ0) is 27.4. The molecule has 0 spiro atoms. The molecule has 1 fully saturated rings. The van der Waals surface area contributed by atoms with Crippen LogP contribution in [0.2, 0.25) is 0 Å². The fourth-order valence-electron chi connectivity index (χ4n) is 4.47. The molecule has 1 aliphatic heterocycles. The fourth-order valence-corrected chi connectivity index (χ4v) is 4.47. The van der Waals surface area contributed by atoms with Gasteiger partial charge in [-0.1, -0.05) is 26.0 Å². The van der Waals surface area contributed by atoms with Crippen molar-refractivity contribution < 1.29 is 28.9 Å². The lowest BCUT2D eigenvalue weighted by Gasteiger charge is -2.26. The van der Waals surface area contributed by atoms with E-state index in [2.05, 4.69) is 18.8 Å². The first kappa shape index (κ1) is 26.7. The van der Waals surface area contributed by atoms with E-state index in [9.17, 15) is 14.7 Å². The van der Waals surface area contributed by atoms with Crippen LogP contribution in [0, 0.1) is 12.8 Å². The quantitative estimate of drug-likeness (QED) is 0.241. The van der Waals surface area contributed by atoms with E-state index in [-0.39, 0.29) is 17.9 Å². The highest BCUT2D eigenvalue weighted by molar-refractivity contribution is 6.46. The van der Waals surface area contributed by atoms with Gasteiger partial charge in [0.2, 0.25) is 0 Å². The van der Waals surface area contributed by atoms with Crippen LogP contribution in [0.25, 0.3) is 5.76 Å². The van der Waals surface area contributed by atoms with E-state index >= 15 is 0 Å². The molecular weight excluding hydrogens is 484 g/mol. The Morgan fingerprint density at radius 3 is 2.39 bits per heavy atom. The Bertz CT molecular complexity index is 1370. The number of carbonyl (C=O) groups is 2. The lowest BCUT2D eigenvalue weighted by atomic mass is 9.94. The molecule has 1 aromatic heterocycles. The topological polar surface area (TPSA) is 98.2 Å². The van der Waals surface area contributed by atoms with Crippen LogP contribution >= 0.6 is 0 Å². The van der Waals surface area contributed by atoms with Crippen molar-refractivity contribution in [3.63, 3.8) is 0 Å². The van der Waals surface area contributed by atoms with E-state index in [1.807, 2.05) is 13.0 Å². The van der Waals surface area contributed by atoms with Crippen molar-refractivity contribution in [3.05, 3.63) is 88.8 Å². The highest BCUT2D eigenvalue weighted by atomic mass is 16.5. The summed E-state index contributed by atoms with van der Waals surface area (Å²) in [6.07, 6.45) is 3.28. The largest absolute Gasteiger partial charge is 0.507 e. The number of Topliss-reactive ketones (excluding diaryl/α,β-unsaturated/α-hetero) is 1. The number of aromatic nitrogens is 1. The first-order valence-electron chi connectivity index (χ1n) is 12.4. The molecule has 2 aromatic carbocycles. The fraction of sp³-hybridized carbons (Fsp3) is 0.300. The number of aryl methyl sites for hydroxylation is 1. The molecule has 0 radical (unpaired) electrons. The van der Waals surface area contributed by atoms with E-state index in [0.29, 0.717) is 40.9 Å². The number of ether oxygens (including phenoxy) is 3. The number of benzene rings is 2. The van der Waals surface area contributed by atoms with E-state index < -0.39 is 17.7 Å². The zero-order valence-corrected chi connectivity index (χ0v) is 22.2. The molecule has 1 atom stereocenters. The lowest BCUT2D eigenvalue weighted by molar-refractivity contribution is -0.140. The summed E-state index contributed by atoms with van der Waals surface area (Å²) in [6, 6.07) is 13.1. The Morgan fingerprint density at radius 2 is 1.76 bits per heavy atom. The number of hydrogen-bond acceptors (Lipinski definition) is 7. The van der Waals surface area contributed by atoms with Crippen LogP contribution in [0.3, 0.4) is 0 Å². The van der Waals surface area contributed by atoms with Crippen molar-refractivity contribution >= 4 is 17.4 Å². The number of aliphatic hydroxyl groups excluding tert-OH is 1. The third-order valence-electron chi connectivity index (χ3n) is 6.36. The summed E-state index contributed by atoms with van der Waals surface area (Å²) < 4.78 is 16.7. The molecule has 8 nitrogen and oxygen atoms in total. The summed E-state index contributed by atoms with van der Waals surface area (Å²) >= 11 is 0. The number of amides is 1. The third-order valence-corrected chi connectivity index (χ3v) is 6.36. The number of ketones is 1. The van der Waals surface area contributed by atoms with Gasteiger partial charge in [-0.15, -0.1) is 0 Å². The molecule has 4 rings (SSSR count). The van der Waals surface area contributed by atoms with Crippen molar-refractivity contribution in [1.82, 2.24) is 9.88 Å². The molecule has 0 bridgehead atoms. The summed E-state index contributed by atoms with van der Waals surface area (Å²) in [5.74, 6) is 0.291. The number of carbonyl (C=O) groups excluding carboxylic acids is 2. The van der Waals surface area contributed by atoms with Gasteiger partial charge in [-0.2, -0.15) is 0 Å².